The lowest BCUT2D eigenvalue weighted by molar-refractivity contribution is -0.162. The fraction of sp³-hybridized carbons (Fsp3) is 0.870. The predicted molar refractivity (Wildman–Crippen MR) is 120 cm³/mol. The summed E-state index contributed by atoms with van der Waals surface area (Å²) in [5.41, 5.74) is 0. The first-order valence-electron chi connectivity index (χ1n) is 12.8. The molecule has 11 heteroatoms. The summed E-state index contributed by atoms with van der Waals surface area (Å²) >= 11 is 0. The van der Waals surface area contributed by atoms with Gasteiger partial charge in [-0.1, -0.05) is 6.42 Å². The second kappa shape index (κ2) is 11.3. The molecule has 4 fully saturated rings. The number of hydrogen-bond donors (Lipinski definition) is 3. The first kappa shape index (κ1) is 25.3. The SMILES string of the molecule is O=C1C(N2CCCCC(C3CCN(CO)C3=O)CCCN(C3CCN(O)C3=O)CC2)CCN1O. The zero-order valence-electron chi connectivity index (χ0n) is 19.9. The first-order valence-corrected chi connectivity index (χ1v) is 12.8. The van der Waals surface area contributed by atoms with Crippen molar-refractivity contribution in [1.82, 2.24) is 24.8 Å². The van der Waals surface area contributed by atoms with Crippen LogP contribution in [0.1, 0.15) is 51.4 Å². The average Bonchev–Trinajstić information content (AvgIpc) is 3.47. The summed E-state index contributed by atoms with van der Waals surface area (Å²) in [6.07, 6.45) is 6.41. The van der Waals surface area contributed by atoms with Crippen molar-refractivity contribution in [3.05, 3.63) is 0 Å². The number of amides is 3. The topological polar surface area (TPSA) is 128 Å². The Morgan fingerprint density at radius 2 is 1.18 bits per heavy atom. The molecular formula is C23H39N5O6. The monoisotopic (exact) mass is 481 g/mol. The molecule has 4 aliphatic rings. The van der Waals surface area contributed by atoms with Gasteiger partial charge in [-0.25, -0.2) is 10.1 Å². The third-order valence-electron chi connectivity index (χ3n) is 8.23. The molecule has 4 saturated heterocycles. The highest BCUT2D eigenvalue weighted by Gasteiger charge is 2.40. The van der Waals surface area contributed by atoms with Crippen molar-refractivity contribution in [3.8, 4) is 0 Å². The molecule has 0 radical (unpaired) electrons. The van der Waals surface area contributed by atoms with Gasteiger partial charge in [0.1, 0.15) is 6.73 Å². The van der Waals surface area contributed by atoms with Gasteiger partial charge in [-0.3, -0.25) is 34.6 Å². The molecule has 3 amide bonds. The molecule has 0 bridgehead atoms. The van der Waals surface area contributed by atoms with Crippen LogP contribution in [0.3, 0.4) is 0 Å². The van der Waals surface area contributed by atoms with Crippen molar-refractivity contribution in [3.63, 3.8) is 0 Å². The molecule has 4 unspecified atom stereocenters. The van der Waals surface area contributed by atoms with Crippen LogP contribution in [0.4, 0.5) is 0 Å². The molecule has 4 aliphatic heterocycles. The van der Waals surface area contributed by atoms with Gasteiger partial charge in [0.25, 0.3) is 11.8 Å². The van der Waals surface area contributed by atoms with E-state index in [-0.39, 0.29) is 48.4 Å². The lowest BCUT2D eigenvalue weighted by Crippen LogP contribution is -2.49. The van der Waals surface area contributed by atoms with Crippen LogP contribution in [0.15, 0.2) is 0 Å². The van der Waals surface area contributed by atoms with E-state index in [1.54, 1.807) is 0 Å². The number of hydroxylamine groups is 4. The van der Waals surface area contributed by atoms with E-state index in [2.05, 4.69) is 9.80 Å². The second-order valence-corrected chi connectivity index (χ2v) is 10.1. The molecular weight excluding hydrogens is 442 g/mol. The van der Waals surface area contributed by atoms with Gasteiger partial charge in [0.2, 0.25) is 5.91 Å². The summed E-state index contributed by atoms with van der Waals surface area (Å²) in [5.74, 6) is -0.345. The number of aliphatic hydroxyl groups is 1. The summed E-state index contributed by atoms with van der Waals surface area (Å²) in [6, 6.07) is -0.728. The van der Waals surface area contributed by atoms with E-state index in [4.69, 9.17) is 0 Å². The van der Waals surface area contributed by atoms with Gasteiger partial charge in [-0.15, -0.1) is 0 Å². The fourth-order valence-electron chi connectivity index (χ4n) is 6.25. The zero-order chi connectivity index (χ0) is 24.2. The molecule has 4 atom stereocenters. The van der Waals surface area contributed by atoms with Crippen molar-refractivity contribution < 1.29 is 29.9 Å². The summed E-state index contributed by atoms with van der Waals surface area (Å²) in [6.45, 7) is 3.64. The van der Waals surface area contributed by atoms with Gasteiger partial charge in [-0.2, -0.15) is 0 Å². The van der Waals surface area contributed by atoms with Gasteiger partial charge < -0.3 is 10.0 Å². The number of aliphatic hydroxyl groups excluding tert-OH is 1. The predicted octanol–water partition coefficient (Wildman–Crippen LogP) is -0.0508. The minimum Gasteiger partial charge on any atom is -0.376 e. The Hall–Kier alpha value is -1.79. The Balaban J connectivity index is 1.48. The minimum absolute atomic E-state index is 0.0413. The third kappa shape index (κ3) is 5.38. The van der Waals surface area contributed by atoms with Crippen LogP contribution in [0.2, 0.25) is 0 Å². The maximum atomic E-state index is 12.8. The normalized spacial score (nSPS) is 33.6. The Labute approximate surface area is 200 Å². The third-order valence-corrected chi connectivity index (χ3v) is 8.23. The quantitative estimate of drug-likeness (QED) is 0.477. The summed E-state index contributed by atoms with van der Waals surface area (Å²) in [5, 5.41) is 30.8. The molecule has 0 aliphatic carbocycles. The molecule has 4 heterocycles. The van der Waals surface area contributed by atoms with Crippen molar-refractivity contribution in [2.45, 2.75) is 63.5 Å². The highest BCUT2D eigenvalue weighted by atomic mass is 16.5. The number of likely N-dealkylation sites (tertiary alicyclic amines) is 1. The lowest BCUT2D eigenvalue weighted by Gasteiger charge is -2.34. The van der Waals surface area contributed by atoms with E-state index >= 15 is 0 Å². The fourth-order valence-corrected chi connectivity index (χ4v) is 6.25. The van der Waals surface area contributed by atoms with E-state index in [0.29, 0.717) is 52.1 Å². The van der Waals surface area contributed by atoms with Crippen LogP contribution >= 0.6 is 0 Å². The second-order valence-electron chi connectivity index (χ2n) is 10.1. The molecule has 0 spiro atoms. The summed E-state index contributed by atoms with van der Waals surface area (Å²) < 4.78 is 0. The van der Waals surface area contributed by atoms with Crippen LogP contribution in [0.5, 0.6) is 0 Å². The number of carbonyl (C=O) groups excluding carboxylic acids is 3. The van der Waals surface area contributed by atoms with Gasteiger partial charge in [0.15, 0.2) is 0 Å². The van der Waals surface area contributed by atoms with Crippen molar-refractivity contribution in [1.29, 1.82) is 0 Å². The highest BCUT2D eigenvalue weighted by Crippen LogP contribution is 2.33. The molecule has 0 saturated carbocycles. The van der Waals surface area contributed by atoms with E-state index in [1.165, 1.54) is 4.90 Å². The van der Waals surface area contributed by atoms with Gasteiger partial charge >= 0.3 is 0 Å². The number of carbonyl (C=O) groups is 3. The smallest absolute Gasteiger partial charge is 0.263 e. The number of nitrogens with zero attached hydrogens (tertiary/aromatic N) is 5. The molecule has 3 N–H and O–H groups in total. The van der Waals surface area contributed by atoms with Gasteiger partial charge in [0.05, 0.1) is 25.2 Å². The molecule has 0 aromatic carbocycles. The van der Waals surface area contributed by atoms with E-state index in [0.717, 1.165) is 55.2 Å². The average molecular weight is 482 g/mol. The zero-order valence-corrected chi connectivity index (χ0v) is 19.9. The largest absolute Gasteiger partial charge is 0.376 e. The van der Waals surface area contributed by atoms with Crippen LogP contribution in [0.25, 0.3) is 0 Å². The van der Waals surface area contributed by atoms with Gasteiger partial charge in [0, 0.05) is 25.6 Å². The maximum Gasteiger partial charge on any atom is 0.263 e. The van der Waals surface area contributed by atoms with Crippen LogP contribution in [0, 0.1) is 11.8 Å². The summed E-state index contributed by atoms with van der Waals surface area (Å²) in [4.78, 5) is 43.6. The van der Waals surface area contributed by atoms with Crippen molar-refractivity contribution in [2.75, 3.05) is 52.5 Å². The maximum absolute atomic E-state index is 12.8. The molecule has 0 aromatic heterocycles. The van der Waals surface area contributed by atoms with E-state index in [9.17, 15) is 29.9 Å². The molecule has 11 nitrogen and oxygen atoms in total. The molecule has 4 rings (SSSR count). The van der Waals surface area contributed by atoms with Crippen LogP contribution in [-0.4, -0.2) is 123 Å². The molecule has 34 heavy (non-hydrogen) atoms. The Kier molecular flexibility index (Phi) is 8.41. The Morgan fingerprint density at radius 1 is 0.618 bits per heavy atom. The summed E-state index contributed by atoms with van der Waals surface area (Å²) in [7, 11) is 0. The Bertz CT molecular complexity index is 753. The lowest BCUT2D eigenvalue weighted by atomic mass is 9.83. The minimum atomic E-state index is -0.375. The Morgan fingerprint density at radius 3 is 1.68 bits per heavy atom. The van der Waals surface area contributed by atoms with Crippen LogP contribution in [-0.2, 0) is 14.4 Å². The van der Waals surface area contributed by atoms with E-state index < -0.39 is 0 Å². The molecule has 0 aromatic rings. The van der Waals surface area contributed by atoms with Crippen LogP contribution < -0.4 is 0 Å². The van der Waals surface area contributed by atoms with Crippen molar-refractivity contribution in [2.24, 2.45) is 11.8 Å². The van der Waals surface area contributed by atoms with E-state index in [1.807, 2.05) is 0 Å². The number of rotatable bonds is 4. The standard InChI is InChI=1S/C23H39N5O6/c29-16-26-11-6-18(21(26)30)17-4-1-2-9-24(19-7-12-27(33)22(19)31)14-15-25(10-3-5-17)20-8-13-28(34)23(20)32/h17-20,29,33-34H,1-16H2. The van der Waals surface area contributed by atoms with Gasteiger partial charge in [-0.05, 0) is 64.0 Å². The molecule has 192 valence electrons. The van der Waals surface area contributed by atoms with Crippen molar-refractivity contribution >= 4 is 17.7 Å². The highest BCUT2D eigenvalue weighted by molar-refractivity contribution is 5.83. The number of hydrogen-bond acceptors (Lipinski definition) is 8. The first-order chi connectivity index (χ1) is 16.4.